The lowest BCUT2D eigenvalue weighted by molar-refractivity contribution is -0.146. The molecule has 3 amide bonds. The smallest absolute Gasteiger partial charge is 0.325 e. The second-order valence-corrected chi connectivity index (χ2v) is 11.7. The first-order valence-electron chi connectivity index (χ1n) is 15.1. The fourth-order valence-electron chi connectivity index (χ4n) is 5.24. The molecule has 0 saturated heterocycles. The molecular formula is C32H43N3O9. The van der Waals surface area contributed by atoms with E-state index in [-0.39, 0.29) is 43.7 Å². The molecule has 1 heterocycles. The second-order valence-electron chi connectivity index (χ2n) is 11.7. The van der Waals surface area contributed by atoms with Crippen molar-refractivity contribution >= 4 is 35.3 Å². The van der Waals surface area contributed by atoms with Crippen LogP contribution < -0.4 is 16.0 Å². The summed E-state index contributed by atoms with van der Waals surface area (Å²) in [6.45, 7) is 4.35. The number of rotatable bonds is 15. The van der Waals surface area contributed by atoms with Crippen molar-refractivity contribution in [1.82, 2.24) is 16.0 Å². The van der Waals surface area contributed by atoms with E-state index in [0.717, 1.165) is 43.7 Å². The highest BCUT2D eigenvalue weighted by atomic mass is 16.5. The van der Waals surface area contributed by atoms with Gasteiger partial charge in [-0.3, -0.25) is 28.8 Å². The standard InChI is InChI=1S/C32H43N3O9/c1-4-43-27(37)18-33-31(41)28(38)25(20-42-19-22-13-9-6-10-14-22)35-29(39)24(15-21-11-7-5-8-12-21)34-30(40)26-16-23(36)17-32(2,3)44-26/h6,9-10,13-14,16,21,24-25H,4-5,7-8,11-12,15,17-20H2,1-3H3,(H,33,41)(H,34,40)(H,35,39)/t24-,25?/m0/s1. The lowest BCUT2D eigenvalue weighted by Crippen LogP contribution is -2.56. The number of ketones is 2. The first-order valence-corrected chi connectivity index (χ1v) is 15.1. The van der Waals surface area contributed by atoms with Gasteiger partial charge in [-0.15, -0.1) is 0 Å². The Bertz CT molecular complexity index is 1220. The van der Waals surface area contributed by atoms with Crippen LogP contribution in [0, 0.1) is 5.92 Å². The molecule has 12 nitrogen and oxygen atoms in total. The lowest BCUT2D eigenvalue weighted by atomic mass is 9.84. The van der Waals surface area contributed by atoms with Gasteiger partial charge in [-0.25, -0.2) is 0 Å². The number of esters is 1. The maximum atomic E-state index is 13.7. The maximum Gasteiger partial charge on any atom is 0.325 e. The molecule has 1 aromatic rings. The Labute approximate surface area is 257 Å². The predicted molar refractivity (Wildman–Crippen MR) is 159 cm³/mol. The third-order valence-electron chi connectivity index (χ3n) is 7.37. The summed E-state index contributed by atoms with van der Waals surface area (Å²) < 4.78 is 16.2. The van der Waals surface area contributed by atoms with Crippen molar-refractivity contribution in [2.45, 2.75) is 90.0 Å². The highest BCUT2D eigenvalue weighted by Crippen LogP contribution is 2.28. The minimum Gasteiger partial charge on any atom is -0.482 e. The van der Waals surface area contributed by atoms with E-state index in [1.165, 1.54) is 0 Å². The van der Waals surface area contributed by atoms with Crippen molar-refractivity contribution in [1.29, 1.82) is 0 Å². The van der Waals surface area contributed by atoms with Gasteiger partial charge >= 0.3 is 5.97 Å². The van der Waals surface area contributed by atoms with Gasteiger partial charge in [0.1, 0.15) is 24.2 Å². The van der Waals surface area contributed by atoms with Crippen molar-refractivity contribution in [3.63, 3.8) is 0 Å². The third-order valence-corrected chi connectivity index (χ3v) is 7.37. The largest absolute Gasteiger partial charge is 0.482 e. The summed E-state index contributed by atoms with van der Waals surface area (Å²) in [5, 5.41) is 7.49. The van der Waals surface area contributed by atoms with Crippen LogP contribution in [0.5, 0.6) is 0 Å². The zero-order chi connectivity index (χ0) is 32.1. The number of amides is 3. The molecule has 1 unspecified atom stereocenters. The Morgan fingerprint density at radius 3 is 2.36 bits per heavy atom. The van der Waals surface area contributed by atoms with Crippen molar-refractivity contribution in [2.24, 2.45) is 5.92 Å². The molecular weight excluding hydrogens is 570 g/mol. The monoisotopic (exact) mass is 613 g/mol. The van der Waals surface area contributed by atoms with Crippen LogP contribution in [0.2, 0.25) is 0 Å². The minimum atomic E-state index is -1.41. The number of carbonyl (C=O) groups is 6. The molecule has 1 saturated carbocycles. The van der Waals surface area contributed by atoms with Crippen molar-refractivity contribution in [3.8, 4) is 0 Å². The summed E-state index contributed by atoms with van der Waals surface area (Å²) in [6, 6.07) is 6.65. The summed E-state index contributed by atoms with van der Waals surface area (Å²) >= 11 is 0. The molecule has 0 spiro atoms. The van der Waals surface area contributed by atoms with Gasteiger partial charge < -0.3 is 30.2 Å². The van der Waals surface area contributed by atoms with Crippen LogP contribution in [0.1, 0.15) is 71.3 Å². The average molecular weight is 614 g/mol. The van der Waals surface area contributed by atoms with Crippen LogP contribution in [0.4, 0.5) is 0 Å². The summed E-state index contributed by atoms with van der Waals surface area (Å²) in [5.74, 6) is -4.56. The van der Waals surface area contributed by atoms with E-state index in [9.17, 15) is 28.8 Å². The number of hydrogen-bond acceptors (Lipinski definition) is 9. The number of ether oxygens (including phenoxy) is 3. The molecule has 1 fully saturated rings. The fraction of sp³-hybridized carbons (Fsp3) is 0.562. The second kappa shape index (κ2) is 16.7. The van der Waals surface area contributed by atoms with Crippen LogP contribution in [0.3, 0.4) is 0 Å². The van der Waals surface area contributed by atoms with Gasteiger partial charge in [-0.1, -0.05) is 62.4 Å². The van der Waals surface area contributed by atoms with Crippen molar-refractivity contribution < 1.29 is 43.0 Å². The first kappa shape index (κ1) is 34.4. The molecule has 0 radical (unpaired) electrons. The number of benzene rings is 1. The number of Topliss-reactive ketones (excluding diaryl/α,β-unsaturated/α-hetero) is 1. The number of carbonyl (C=O) groups excluding carboxylic acids is 6. The Hall–Kier alpha value is -4.06. The fourth-order valence-corrected chi connectivity index (χ4v) is 5.24. The van der Waals surface area contributed by atoms with Gasteiger partial charge in [0.25, 0.3) is 11.8 Å². The molecule has 1 aromatic carbocycles. The van der Waals surface area contributed by atoms with E-state index in [1.54, 1.807) is 20.8 Å². The van der Waals surface area contributed by atoms with E-state index in [4.69, 9.17) is 14.2 Å². The summed E-state index contributed by atoms with van der Waals surface area (Å²) in [5.41, 5.74) is -0.0677. The predicted octanol–water partition coefficient (Wildman–Crippen LogP) is 2.04. The Morgan fingerprint density at radius 1 is 1.00 bits per heavy atom. The van der Waals surface area contributed by atoms with E-state index in [2.05, 4.69) is 16.0 Å². The number of hydrogen-bond donors (Lipinski definition) is 3. The number of allylic oxidation sites excluding steroid dienone is 1. The normalized spacial score (nSPS) is 17.7. The first-order chi connectivity index (χ1) is 21.0. The molecule has 3 N–H and O–H groups in total. The number of nitrogens with one attached hydrogen (secondary N) is 3. The van der Waals surface area contributed by atoms with Gasteiger partial charge in [0, 0.05) is 12.5 Å². The molecule has 0 bridgehead atoms. The maximum absolute atomic E-state index is 13.7. The van der Waals surface area contributed by atoms with Crippen LogP contribution in [-0.2, 0) is 49.6 Å². The van der Waals surface area contributed by atoms with E-state index in [1.807, 2.05) is 30.3 Å². The van der Waals surface area contributed by atoms with Crippen molar-refractivity contribution in [2.75, 3.05) is 19.8 Å². The van der Waals surface area contributed by atoms with Crippen LogP contribution >= 0.6 is 0 Å². The van der Waals surface area contributed by atoms with Gasteiger partial charge in [0.15, 0.2) is 11.5 Å². The van der Waals surface area contributed by atoms with Gasteiger partial charge in [0.05, 0.1) is 19.8 Å². The van der Waals surface area contributed by atoms with Crippen molar-refractivity contribution in [3.05, 3.63) is 47.7 Å². The zero-order valence-corrected chi connectivity index (χ0v) is 25.6. The molecule has 44 heavy (non-hydrogen) atoms. The van der Waals surface area contributed by atoms with Gasteiger partial charge in [-0.2, -0.15) is 0 Å². The third kappa shape index (κ3) is 11.2. The lowest BCUT2D eigenvalue weighted by Gasteiger charge is -2.31. The molecule has 2 atom stereocenters. The summed E-state index contributed by atoms with van der Waals surface area (Å²) in [6.07, 6.45) is 6.37. The molecule has 240 valence electrons. The van der Waals surface area contributed by atoms with Gasteiger partial charge in [0.2, 0.25) is 11.7 Å². The average Bonchev–Trinajstić information content (AvgIpc) is 2.98. The molecule has 1 aliphatic heterocycles. The highest BCUT2D eigenvalue weighted by molar-refractivity contribution is 6.38. The topological polar surface area (TPSA) is 166 Å². The highest BCUT2D eigenvalue weighted by Gasteiger charge is 2.36. The van der Waals surface area contributed by atoms with E-state index in [0.29, 0.717) is 6.42 Å². The molecule has 1 aliphatic carbocycles. The minimum absolute atomic E-state index is 0.108. The Balaban J connectivity index is 1.76. The summed E-state index contributed by atoms with van der Waals surface area (Å²) in [4.78, 5) is 76.6. The Morgan fingerprint density at radius 2 is 1.70 bits per heavy atom. The SMILES string of the molecule is CCOC(=O)CNC(=O)C(=O)C(COCc1ccccc1)NC(=O)[C@H](CC1CCCCC1)NC(=O)C1=CC(=O)CC(C)(C)O1. The van der Waals surface area contributed by atoms with Crippen LogP contribution in [0.25, 0.3) is 0 Å². The van der Waals surface area contributed by atoms with Crippen LogP contribution in [0.15, 0.2) is 42.2 Å². The summed E-state index contributed by atoms with van der Waals surface area (Å²) in [7, 11) is 0. The zero-order valence-electron chi connectivity index (χ0n) is 25.6. The quantitative estimate of drug-likeness (QED) is 0.198. The van der Waals surface area contributed by atoms with E-state index >= 15 is 0 Å². The molecule has 3 rings (SSSR count). The Kier molecular flexibility index (Phi) is 13.1. The molecule has 2 aliphatic rings. The molecule has 0 aromatic heterocycles. The van der Waals surface area contributed by atoms with Gasteiger partial charge in [-0.05, 0) is 38.7 Å². The van der Waals surface area contributed by atoms with Crippen LogP contribution in [-0.4, -0.2) is 72.7 Å². The van der Waals surface area contributed by atoms with E-state index < -0.39 is 53.7 Å². The molecule has 12 heteroatoms.